The number of hydrogen-bond donors (Lipinski definition) is 1. The summed E-state index contributed by atoms with van der Waals surface area (Å²) in [5, 5.41) is 10.2. The summed E-state index contributed by atoms with van der Waals surface area (Å²) >= 11 is 0. The lowest BCUT2D eigenvalue weighted by molar-refractivity contribution is -0.0362. The highest BCUT2D eigenvalue weighted by Crippen LogP contribution is 1.90. The van der Waals surface area contributed by atoms with Crippen LogP contribution in [0.5, 0.6) is 0 Å². The normalized spacial score (nSPS) is 11.9. The standard InChI is InChI=1S/C7H16N2O/c1-6(2)8-5-9(10)7(3)4/h5-7,10H,1-4H3. The molecule has 1 N–H and O–H groups in total. The summed E-state index contributed by atoms with van der Waals surface area (Å²) in [6.07, 6.45) is 1.45. The molecule has 0 radical (unpaired) electrons. The largest absolute Gasteiger partial charge is 0.287 e. The molecule has 0 unspecified atom stereocenters. The Morgan fingerprint density at radius 1 is 1.30 bits per heavy atom. The lowest BCUT2D eigenvalue weighted by atomic mass is 10.4. The van der Waals surface area contributed by atoms with Crippen molar-refractivity contribution in [3.63, 3.8) is 0 Å². The number of hydroxylamine groups is 2. The van der Waals surface area contributed by atoms with Crippen molar-refractivity contribution in [2.24, 2.45) is 4.99 Å². The zero-order valence-corrected chi connectivity index (χ0v) is 7.07. The topological polar surface area (TPSA) is 35.8 Å². The first-order valence-electron chi connectivity index (χ1n) is 3.54. The van der Waals surface area contributed by atoms with Gasteiger partial charge >= 0.3 is 0 Å². The van der Waals surface area contributed by atoms with E-state index in [1.54, 1.807) is 0 Å². The highest BCUT2D eigenvalue weighted by Gasteiger charge is 1.98. The third kappa shape index (κ3) is 4.32. The van der Waals surface area contributed by atoms with E-state index >= 15 is 0 Å². The van der Waals surface area contributed by atoms with Crippen LogP contribution in [-0.2, 0) is 0 Å². The summed E-state index contributed by atoms with van der Waals surface area (Å²) in [5.41, 5.74) is 0. The molecule has 0 spiro atoms. The van der Waals surface area contributed by atoms with Crippen molar-refractivity contribution in [1.82, 2.24) is 5.06 Å². The average Bonchev–Trinajstić information content (AvgIpc) is 1.82. The molecular weight excluding hydrogens is 128 g/mol. The monoisotopic (exact) mass is 144 g/mol. The molecule has 3 heteroatoms. The van der Waals surface area contributed by atoms with Crippen LogP contribution >= 0.6 is 0 Å². The number of rotatable bonds is 3. The van der Waals surface area contributed by atoms with E-state index in [4.69, 9.17) is 5.21 Å². The van der Waals surface area contributed by atoms with Crippen LogP contribution in [0.15, 0.2) is 4.99 Å². The zero-order valence-electron chi connectivity index (χ0n) is 7.07. The molecule has 0 aromatic rings. The fraction of sp³-hybridized carbons (Fsp3) is 0.857. The van der Waals surface area contributed by atoms with E-state index in [-0.39, 0.29) is 12.1 Å². The van der Waals surface area contributed by atoms with Crippen LogP contribution < -0.4 is 0 Å². The second kappa shape index (κ2) is 4.28. The summed E-state index contributed by atoms with van der Waals surface area (Å²) in [6.45, 7) is 7.72. The van der Waals surface area contributed by atoms with Gasteiger partial charge in [-0.05, 0) is 27.7 Å². The first kappa shape index (κ1) is 9.43. The Hall–Kier alpha value is -0.570. The van der Waals surface area contributed by atoms with Gasteiger partial charge in [0, 0.05) is 6.04 Å². The Labute approximate surface area is 62.3 Å². The SMILES string of the molecule is CC(C)N=CN(O)C(C)C. The fourth-order valence-corrected chi connectivity index (χ4v) is 0.335. The molecule has 0 saturated carbocycles. The molecule has 0 fully saturated rings. The molecule has 0 heterocycles. The molecule has 0 amide bonds. The minimum absolute atomic E-state index is 0.0995. The molecule has 0 saturated heterocycles. The smallest absolute Gasteiger partial charge is 0.110 e. The molecule has 0 atom stereocenters. The van der Waals surface area contributed by atoms with Crippen molar-refractivity contribution >= 4 is 6.34 Å². The minimum Gasteiger partial charge on any atom is -0.287 e. The molecule has 10 heavy (non-hydrogen) atoms. The van der Waals surface area contributed by atoms with Gasteiger partial charge in [0.1, 0.15) is 6.34 Å². The predicted octanol–water partition coefficient (Wildman–Crippen LogP) is 1.52. The van der Waals surface area contributed by atoms with E-state index in [0.29, 0.717) is 0 Å². The van der Waals surface area contributed by atoms with Crippen LogP contribution in [-0.4, -0.2) is 28.7 Å². The van der Waals surface area contributed by atoms with E-state index in [9.17, 15) is 0 Å². The highest BCUT2D eigenvalue weighted by molar-refractivity contribution is 5.53. The van der Waals surface area contributed by atoms with Gasteiger partial charge in [-0.3, -0.25) is 10.2 Å². The summed E-state index contributed by atoms with van der Waals surface area (Å²) in [7, 11) is 0. The summed E-state index contributed by atoms with van der Waals surface area (Å²) in [6, 6.07) is 0.343. The van der Waals surface area contributed by atoms with E-state index in [2.05, 4.69) is 4.99 Å². The van der Waals surface area contributed by atoms with Gasteiger partial charge < -0.3 is 0 Å². The van der Waals surface area contributed by atoms with E-state index in [1.165, 1.54) is 6.34 Å². The second-order valence-corrected chi connectivity index (χ2v) is 2.83. The Balaban J connectivity index is 3.66. The number of hydrogen-bond acceptors (Lipinski definition) is 2. The van der Waals surface area contributed by atoms with Crippen LogP contribution in [0, 0.1) is 0 Å². The van der Waals surface area contributed by atoms with Crippen LogP contribution in [0.3, 0.4) is 0 Å². The second-order valence-electron chi connectivity index (χ2n) is 2.83. The predicted molar refractivity (Wildman–Crippen MR) is 42.4 cm³/mol. The summed E-state index contributed by atoms with van der Waals surface area (Å²) in [5.74, 6) is 0. The van der Waals surface area contributed by atoms with Gasteiger partial charge in [-0.15, -0.1) is 0 Å². The van der Waals surface area contributed by atoms with E-state index in [0.717, 1.165) is 5.06 Å². The van der Waals surface area contributed by atoms with Crippen LogP contribution in [0.1, 0.15) is 27.7 Å². The molecule has 0 bridgehead atoms. The first-order chi connectivity index (χ1) is 4.54. The number of aliphatic imine (C=N–C) groups is 1. The van der Waals surface area contributed by atoms with Crippen molar-refractivity contribution < 1.29 is 5.21 Å². The van der Waals surface area contributed by atoms with E-state index in [1.807, 2.05) is 27.7 Å². The van der Waals surface area contributed by atoms with Gasteiger partial charge in [-0.1, -0.05) is 0 Å². The van der Waals surface area contributed by atoms with Gasteiger partial charge in [0.15, 0.2) is 0 Å². The molecule has 3 nitrogen and oxygen atoms in total. The van der Waals surface area contributed by atoms with Gasteiger partial charge in [-0.2, -0.15) is 0 Å². The summed E-state index contributed by atoms with van der Waals surface area (Å²) < 4.78 is 0. The van der Waals surface area contributed by atoms with Crippen molar-refractivity contribution in [3.05, 3.63) is 0 Å². The molecule has 0 aromatic carbocycles. The zero-order chi connectivity index (χ0) is 8.15. The Kier molecular flexibility index (Phi) is 4.03. The van der Waals surface area contributed by atoms with Crippen LogP contribution in [0.2, 0.25) is 0 Å². The third-order valence-electron chi connectivity index (χ3n) is 1.01. The highest BCUT2D eigenvalue weighted by atomic mass is 16.5. The quantitative estimate of drug-likeness (QED) is 0.370. The molecule has 0 aliphatic heterocycles. The fourth-order valence-electron chi connectivity index (χ4n) is 0.335. The molecular formula is C7H16N2O. The maximum atomic E-state index is 9.06. The van der Waals surface area contributed by atoms with Crippen LogP contribution in [0.4, 0.5) is 0 Å². The Morgan fingerprint density at radius 2 is 1.80 bits per heavy atom. The van der Waals surface area contributed by atoms with Gasteiger partial charge in [0.25, 0.3) is 0 Å². The average molecular weight is 144 g/mol. The molecule has 60 valence electrons. The van der Waals surface area contributed by atoms with Gasteiger partial charge in [0.2, 0.25) is 0 Å². The van der Waals surface area contributed by atoms with Gasteiger partial charge in [0.05, 0.1) is 6.04 Å². The summed E-state index contributed by atoms with van der Waals surface area (Å²) in [4.78, 5) is 4.00. The van der Waals surface area contributed by atoms with Crippen LogP contribution in [0.25, 0.3) is 0 Å². The van der Waals surface area contributed by atoms with Crippen molar-refractivity contribution in [3.8, 4) is 0 Å². The van der Waals surface area contributed by atoms with E-state index < -0.39 is 0 Å². The number of nitrogens with zero attached hydrogens (tertiary/aromatic N) is 2. The maximum Gasteiger partial charge on any atom is 0.110 e. The Bertz CT molecular complexity index is 110. The first-order valence-corrected chi connectivity index (χ1v) is 3.54. The molecule has 0 aliphatic carbocycles. The van der Waals surface area contributed by atoms with Crippen molar-refractivity contribution in [2.75, 3.05) is 0 Å². The maximum absolute atomic E-state index is 9.06. The Morgan fingerprint density at radius 3 is 2.10 bits per heavy atom. The third-order valence-corrected chi connectivity index (χ3v) is 1.01. The lowest BCUT2D eigenvalue weighted by Gasteiger charge is -2.14. The molecule has 0 rings (SSSR count). The minimum atomic E-state index is 0.0995. The van der Waals surface area contributed by atoms with Gasteiger partial charge in [-0.25, -0.2) is 5.06 Å². The molecule has 0 aromatic heterocycles. The molecule has 0 aliphatic rings. The van der Waals surface area contributed by atoms with Crippen molar-refractivity contribution in [2.45, 2.75) is 39.8 Å². The van der Waals surface area contributed by atoms with Crippen molar-refractivity contribution in [1.29, 1.82) is 0 Å². The lowest BCUT2D eigenvalue weighted by Crippen LogP contribution is -2.25.